The number of pyridine rings is 1. The van der Waals surface area contributed by atoms with Crippen LogP contribution in [-0.4, -0.2) is 16.2 Å². The molecule has 0 bridgehead atoms. The van der Waals surface area contributed by atoms with Gasteiger partial charge >= 0.3 is 0 Å². The molecule has 0 unspecified atom stereocenters. The Morgan fingerprint density at radius 3 is 2.55 bits per heavy atom. The molecule has 1 heterocycles. The van der Waals surface area contributed by atoms with Crippen LogP contribution in [0.2, 0.25) is 0 Å². The maximum atomic E-state index is 11.7. The van der Waals surface area contributed by atoms with Gasteiger partial charge in [-0.15, -0.1) is 0 Å². The van der Waals surface area contributed by atoms with Crippen LogP contribution in [0.15, 0.2) is 47.3 Å². The molecule has 1 aromatic carbocycles. The van der Waals surface area contributed by atoms with Crippen LogP contribution in [0.1, 0.15) is 11.3 Å². The average Bonchev–Trinajstić information content (AvgIpc) is 2.42. The van der Waals surface area contributed by atoms with Gasteiger partial charge in [-0.3, -0.25) is 4.79 Å². The van der Waals surface area contributed by atoms with Crippen LogP contribution in [0.3, 0.4) is 0 Å². The van der Waals surface area contributed by atoms with Crippen molar-refractivity contribution in [2.75, 3.05) is 6.61 Å². The SMILES string of the molecule is Cc1cccc(=O)n1CCOc1ccc(C(N)=S)cc1. The summed E-state index contributed by atoms with van der Waals surface area (Å²) >= 11 is 4.88. The minimum Gasteiger partial charge on any atom is -0.492 e. The Morgan fingerprint density at radius 2 is 1.95 bits per heavy atom. The minimum absolute atomic E-state index is 0.0163. The van der Waals surface area contributed by atoms with Crippen LogP contribution in [0.25, 0.3) is 0 Å². The average molecular weight is 288 g/mol. The van der Waals surface area contributed by atoms with Crippen molar-refractivity contribution >= 4 is 17.2 Å². The zero-order chi connectivity index (χ0) is 14.5. The molecule has 0 spiro atoms. The van der Waals surface area contributed by atoms with Crippen molar-refractivity contribution in [3.63, 3.8) is 0 Å². The van der Waals surface area contributed by atoms with Gasteiger partial charge in [0.1, 0.15) is 17.3 Å². The highest BCUT2D eigenvalue weighted by atomic mass is 32.1. The normalized spacial score (nSPS) is 10.2. The van der Waals surface area contributed by atoms with Crippen molar-refractivity contribution in [1.29, 1.82) is 0 Å². The summed E-state index contributed by atoms with van der Waals surface area (Å²) in [4.78, 5) is 12.0. The zero-order valence-corrected chi connectivity index (χ0v) is 12.0. The molecule has 2 N–H and O–H groups in total. The second-order valence-electron chi connectivity index (χ2n) is 4.39. The Bertz CT molecular complexity index is 662. The number of aryl methyl sites for hydroxylation is 1. The van der Waals surface area contributed by atoms with E-state index in [4.69, 9.17) is 22.7 Å². The lowest BCUT2D eigenvalue weighted by molar-refractivity contribution is 0.295. The molecular formula is C15H16N2O2S. The van der Waals surface area contributed by atoms with Crippen LogP contribution >= 0.6 is 12.2 Å². The number of nitrogens with two attached hydrogens (primary N) is 1. The third-order valence-corrected chi connectivity index (χ3v) is 3.23. The number of ether oxygens (including phenoxy) is 1. The molecule has 0 aliphatic heterocycles. The summed E-state index contributed by atoms with van der Waals surface area (Å²) in [5, 5.41) is 0. The zero-order valence-electron chi connectivity index (χ0n) is 11.2. The molecule has 20 heavy (non-hydrogen) atoms. The van der Waals surface area contributed by atoms with Crippen molar-refractivity contribution in [3.05, 3.63) is 64.1 Å². The molecule has 104 valence electrons. The molecule has 0 aliphatic rings. The Balaban J connectivity index is 1.96. The lowest BCUT2D eigenvalue weighted by atomic mass is 10.2. The fraction of sp³-hybridized carbons (Fsp3) is 0.200. The first-order valence-electron chi connectivity index (χ1n) is 6.27. The summed E-state index contributed by atoms with van der Waals surface area (Å²) in [6, 6.07) is 12.5. The fourth-order valence-electron chi connectivity index (χ4n) is 1.88. The highest BCUT2D eigenvalue weighted by Gasteiger charge is 2.01. The topological polar surface area (TPSA) is 57.2 Å². The van der Waals surface area contributed by atoms with Gasteiger partial charge in [0.2, 0.25) is 0 Å². The predicted molar refractivity (Wildman–Crippen MR) is 83.3 cm³/mol. The van der Waals surface area contributed by atoms with E-state index in [1.54, 1.807) is 16.7 Å². The van der Waals surface area contributed by atoms with Crippen molar-refractivity contribution < 1.29 is 4.74 Å². The van der Waals surface area contributed by atoms with Crippen LogP contribution in [0.4, 0.5) is 0 Å². The summed E-state index contributed by atoms with van der Waals surface area (Å²) in [6.07, 6.45) is 0. The third-order valence-electron chi connectivity index (χ3n) is 2.99. The number of thiocarbonyl (C=S) groups is 1. The van der Waals surface area contributed by atoms with E-state index in [2.05, 4.69) is 0 Å². The van der Waals surface area contributed by atoms with E-state index in [0.717, 1.165) is 17.0 Å². The maximum Gasteiger partial charge on any atom is 0.250 e. The Hall–Kier alpha value is -2.14. The van der Waals surface area contributed by atoms with E-state index in [1.165, 1.54) is 0 Å². The number of nitrogens with zero attached hydrogens (tertiary/aromatic N) is 1. The third kappa shape index (κ3) is 3.45. The molecule has 0 saturated carbocycles. The molecule has 0 aliphatic carbocycles. The summed E-state index contributed by atoms with van der Waals surface area (Å²) in [5.74, 6) is 0.728. The highest BCUT2D eigenvalue weighted by molar-refractivity contribution is 7.80. The van der Waals surface area contributed by atoms with E-state index in [0.29, 0.717) is 18.1 Å². The van der Waals surface area contributed by atoms with Gasteiger partial charge in [-0.1, -0.05) is 18.3 Å². The van der Waals surface area contributed by atoms with E-state index in [-0.39, 0.29) is 5.56 Å². The minimum atomic E-state index is -0.0163. The largest absolute Gasteiger partial charge is 0.492 e. The lowest BCUT2D eigenvalue weighted by Crippen LogP contribution is -2.23. The predicted octanol–water partition coefficient (Wildman–Crippen LogP) is 1.87. The molecule has 0 radical (unpaired) electrons. The van der Waals surface area contributed by atoms with Crippen LogP contribution in [0, 0.1) is 6.92 Å². The Morgan fingerprint density at radius 1 is 1.25 bits per heavy atom. The number of aromatic nitrogens is 1. The number of rotatable bonds is 5. The van der Waals surface area contributed by atoms with Crippen LogP contribution < -0.4 is 16.0 Å². The second kappa shape index (κ2) is 6.34. The molecule has 2 aromatic rings. The lowest BCUT2D eigenvalue weighted by Gasteiger charge is -2.11. The molecule has 0 fully saturated rings. The number of hydrogen-bond donors (Lipinski definition) is 1. The van der Waals surface area contributed by atoms with Gasteiger partial charge < -0.3 is 15.0 Å². The van der Waals surface area contributed by atoms with Crippen molar-refractivity contribution in [1.82, 2.24) is 4.57 Å². The first-order valence-corrected chi connectivity index (χ1v) is 6.68. The Kier molecular flexibility index (Phi) is 4.53. The summed E-state index contributed by atoms with van der Waals surface area (Å²) in [5.41, 5.74) is 7.24. The van der Waals surface area contributed by atoms with E-state index >= 15 is 0 Å². The molecule has 0 saturated heterocycles. The van der Waals surface area contributed by atoms with Crippen molar-refractivity contribution in [2.45, 2.75) is 13.5 Å². The molecule has 1 aromatic heterocycles. The Labute approximate surface area is 122 Å². The highest BCUT2D eigenvalue weighted by Crippen LogP contribution is 2.12. The summed E-state index contributed by atoms with van der Waals surface area (Å²) in [6.45, 7) is 2.85. The van der Waals surface area contributed by atoms with E-state index < -0.39 is 0 Å². The summed E-state index contributed by atoms with van der Waals surface area (Å²) < 4.78 is 7.29. The first-order chi connectivity index (χ1) is 9.58. The molecular weight excluding hydrogens is 272 g/mol. The molecule has 0 amide bonds. The molecule has 4 nitrogen and oxygen atoms in total. The van der Waals surface area contributed by atoms with Crippen LogP contribution in [0.5, 0.6) is 5.75 Å². The van der Waals surface area contributed by atoms with Gasteiger partial charge in [-0.2, -0.15) is 0 Å². The number of hydrogen-bond acceptors (Lipinski definition) is 3. The van der Waals surface area contributed by atoms with Gasteiger partial charge in [0.05, 0.1) is 6.54 Å². The summed E-state index contributed by atoms with van der Waals surface area (Å²) in [7, 11) is 0. The quantitative estimate of drug-likeness (QED) is 0.853. The van der Waals surface area contributed by atoms with Gasteiger partial charge in [0.25, 0.3) is 5.56 Å². The molecule has 2 rings (SSSR count). The van der Waals surface area contributed by atoms with Gasteiger partial charge in [-0.25, -0.2) is 0 Å². The maximum absolute atomic E-state index is 11.7. The van der Waals surface area contributed by atoms with Crippen LogP contribution in [-0.2, 0) is 6.54 Å². The van der Waals surface area contributed by atoms with Gasteiger partial charge in [0, 0.05) is 17.3 Å². The molecule has 5 heteroatoms. The van der Waals surface area contributed by atoms with Crippen molar-refractivity contribution in [2.24, 2.45) is 5.73 Å². The second-order valence-corrected chi connectivity index (χ2v) is 4.83. The monoisotopic (exact) mass is 288 g/mol. The smallest absolute Gasteiger partial charge is 0.250 e. The van der Waals surface area contributed by atoms with E-state index in [9.17, 15) is 4.79 Å². The standard InChI is InChI=1S/C15H16N2O2S/c1-11-3-2-4-14(18)17(11)9-10-19-13-7-5-12(6-8-13)15(16)20/h2-8H,9-10H2,1H3,(H2,16,20). The first kappa shape index (κ1) is 14.3. The van der Waals surface area contributed by atoms with E-state index in [1.807, 2.05) is 37.3 Å². The molecule has 0 atom stereocenters. The van der Waals surface area contributed by atoms with Gasteiger partial charge in [0.15, 0.2) is 0 Å². The van der Waals surface area contributed by atoms with Gasteiger partial charge in [-0.05, 0) is 37.3 Å². The number of benzene rings is 1. The fourth-order valence-corrected chi connectivity index (χ4v) is 2.02. The van der Waals surface area contributed by atoms with Crippen molar-refractivity contribution in [3.8, 4) is 5.75 Å².